The van der Waals surface area contributed by atoms with E-state index in [1.54, 1.807) is 6.21 Å². The third-order valence-corrected chi connectivity index (χ3v) is 4.96. The van der Waals surface area contributed by atoms with Crippen LogP contribution in [0.4, 0.5) is 11.5 Å². The first-order valence-corrected chi connectivity index (χ1v) is 9.61. The van der Waals surface area contributed by atoms with Crippen LogP contribution in [0.15, 0.2) is 82.6 Å². The van der Waals surface area contributed by atoms with Crippen molar-refractivity contribution in [1.82, 2.24) is 9.55 Å². The molecule has 0 unspecified atom stereocenters. The van der Waals surface area contributed by atoms with E-state index < -0.39 is 4.92 Å². The van der Waals surface area contributed by atoms with Crippen LogP contribution in [0.2, 0.25) is 0 Å². The van der Waals surface area contributed by atoms with E-state index in [9.17, 15) is 10.1 Å². The molecule has 1 N–H and O–H groups in total. The summed E-state index contributed by atoms with van der Waals surface area (Å²) in [5.74, 6) is 0.436. The van der Waals surface area contributed by atoms with Gasteiger partial charge in [0.25, 0.3) is 5.69 Å². The number of benzene rings is 2. The van der Waals surface area contributed by atoms with Gasteiger partial charge in [-0.15, -0.1) is 0 Å². The van der Waals surface area contributed by atoms with Gasteiger partial charge in [0.05, 0.1) is 11.1 Å². The predicted octanol–water partition coefficient (Wildman–Crippen LogP) is 5.20. The number of hydrogen-bond donors (Lipinski definition) is 1. The first-order chi connectivity index (χ1) is 14.1. The highest BCUT2D eigenvalue weighted by atomic mass is 79.9. The zero-order valence-corrected chi connectivity index (χ0v) is 16.8. The maximum atomic E-state index is 10.7. The molecule has 7 nitrogen and oxygen atoms in total. The van der Waals surface area contributed by atoms with Gasteiger partial charge in [-0.05, 0) is 29.8 Å². The predicted molar refractivity (Wildman–Crippen MR) is 117 cm³/mol. The van der Waals surface area contributed by atoms with Crippen molar-refractivity contribution in [3.05, 3.63) is 98.8 Å². The lowest BCUT2D eigenvalue weighted by molar-refractivity contribution is -0.385. The highest BCUT2D eigenvalue weighted by molar-refractivity contribution is 9.10. The topological polar surface area (TPSA) is 85.4 Å². The summed E-state index contributed by atoms with van der Waals surface area (Å²) < 4.78 is 3.24. The molecule has 4 rings (SSSR count). The van der Waals surface area contributed by atoms with Gasteiger partial charge in [0, 0.05) is 39.7 Å². The molecule has 2 heterocycles. The minimum Gasteiger partial charge on any atom is -0.342 e. The minimum absolute atomic E-state index is 0.0597. The minimum atomic E-state index is -0.486. The molecule has 0 aliphatic carbocycles. The number of nitro groups is 1. The lowest BCUT2D eigenvalue weighted by Gasteiger charge is -2.05. The molecule has 8 heteroatoms. The van der Waals surface area contributed by atoms with Crippen molar-refractivity contribution >= 4 is 44.6 Å². The van der Waals surface area contributed by atoms with Crippen molar-refractivity contribution in [2.45, 2.75) is 6.54 Å². The molecular weight excluding hydrogens is 434 g/mol. The number of nitrogens with zero attached hydrogens (tertiary/aromatic N) is 4. The van der Waals surface area contributed by atoms with Gasteiger partial charge in [-0.25, -0.2) is 4.98 Å². The molecule has 4 aromatic rings. The van der Waals surface area contributed by atoms with E-state index >= 15 is 0 Å². The molecule has 29 heavy (non-hydrogen) atoms. The summed E-state index contributed by atoms with van der Waals surface area (Å²) in [7, 11) is 0. The van der Waals surface area contributed by atoms with Crippen LogP contribution in [0.1, 0.15) is 11.1 Å². The molecule has 0 fully saturated rings. The molecule has 144 valence electrons. The number of hydrazone groups is 1. The van der Waals surface area contributed by atoms with Gasteiger partial charge in [0.15, 0.2) is 0 Å². The van der Waals surface area contributed by atoms with E-state index in [0.29, 0.717) is 5.82 Å². The molecular formula is C21H16BrN5O2. The molecule has 0 atom stereocenters. The summed E-state index contributed by atoms with van der Waals surface area (Å²) >= 11 is 3.46. The van der Waals surface area contributed by atoms with E-state index in [4.69, 9.17) is 0 Å². The highest BCUT2D eigenvalue weighted by Gasteiger charge is 2.08. The summed E-state index contributed by atoms with van der Waals surface area (Å²) in [5, 5.41) is 16.0. The Hall–Kier alpha value is -3.52. The molecule has 0 aliphatic rings. The molecule has 2 aromatic carbocycles. The highest BCUT2D eigenvalue weighted by Crippen LogP contribution is 2.22. The van der Waals surface area contributed by atoms with Crippen molar-refractivity contribution in [3.63, 3.8) is 0 Å². The Morgan fingerprint density at radius 2 is 1.93 bits per heavy atom. The van der Waals surface area contributed by atoms with E-state index in [1.165, 1.54) is 23.9 Å². The van der Waals surface area contributed by atoms with Gasteiger partial charge in [-0.1, -0.05) is 46.3 Å². The molecule has 0 saturated heterocycles. The van der Waals surface area contributed by atoms with Crippen LogP contribution in [0, 0.1) is 10.1 Å². The van der Waals surface area contributed by atoms with E-state index in [1.807, 2.05) is 24.3 Å². The maximum Gasteiger partial charge on any atom is 0.287 e. The van der Waals surface area contributed by atoms with Crippen LogP contribution < -0.4 is 5.43 Å². The van der Waals surface area contributed by atoms with E-state index in [-0.39, 0.29) is 5.69 Å². The molecule has 0 radical (unpaired) electrons. The SMILES string of the molecule is O=[N+]([O-])c1ccc(N/N=C/c2cn(Cc3ccc(Br)cc3)c3ccccc23)nc1. The second-order valence-electron chi connectivity index (χ2n) is 6.38. The fourth-order valence-electron chi connectivity index (χ4n) is 3.02. The number of fused-ring (bicyclic) bond motifs is 1. The molecule has 0 saturated carbocycles. The number of halogens is 1. The monoisotopic (exact) mass is 449 g/mol. The van der Waals surface area contributed by atoms with Crippen LogP contribution >= 0.6 is 15.9 Å². The standard InChI is InChI=1S/C21H16BrN5O2/c22-17-7-5-15(6-8-17)13-26-14-16(19-3-1-2-4-20(19)26)11-24-25-21-10-9-18(12-23-21)27(28)29/h1-12,14H,13H2,(H,23,25)/b24-11+. The van der Waals surface area contributed by atoms with E-state index in [2.05, 4.69) is 66.5 Å². The van der Waals surface area contributed by atoms with Crippen LogP contribution in [-0.4, -0.2) is 20.7 Å². The fraction of sp³-hybridized carbons (Fsp3) is 0.0476. The summed E-state index contributed by atoms with van der Waals surface area (Å²) in [4.78, 5) is 14.2. The summed E-state index contributed by atoms with van der Waals surface area (Å²) in [6, 6.07) is 19.3. The van der Waals surface area contributed by atoms with Crippen LogP contribution in [0.5, 0.6) is 0 Å². The Morgan fingerprint density at radius 3 is 2.66 bits per heavy atom. The summed E-state index contributed by atoms with van der Waals surface area (Å²) in [6.45, 7) is 0.749. The summed E-state index contributed by atoms with van der Waals surface area (Å²) in [6.07, 6.45) is 4.98. The second-order valence-corrected chi connectivity index (χ2v) is 7.30. The number of pyridine rings is 1. The number of rotatable bonds is 6. The normalized spacial score (nSPS) is 11.2. The molecule has 0 bridgehead atoms. The zero-order valence-electron chi connectivity index (χ0n) is 15.2. The van der Waals surface area contributed by atoms with Gasteiger partial charge >= 0.3 is 0 Å². The number of nitrogens with one attached hydrogen (secondary N) is 1. The molecule has 0 aliphatic heterocycles. The van der Waals surface area contributed by atoms with Crippen molar-refractivity contribution in [2.75, 3.05) is 5.43 Å². The Labute approximate surface area is 175 Å². The average molecular weight is 450 g/mol. The molecule has 0 spiro atoms. The third kappa shape index (κ3) is 4.33. The fourth-order valence-corrected chi connectivity index (χ4v) is 3.29. The number of aromatic nitrogens is 2. The third-order valence-electron chi connectivity index (χ3n) is 4.43. The Bertz CT molecular complexity index is 1180. The Morgan fingerprint density at radius 1 is 1.14 bits per heavy atom. The second kappa shape index (κ2) is 8.24. The Balaban J connectivity index is 1.56. The quantitative estimate of drug-likeness (QED) is 0.249. The zero-order chi connectivity index (χ0) is 20.2. The van der Waals surface area contributed by atoms with E-state index in [0.717, 1.165) is 27.5 Å². The number of para-hydroxylation sites is 1. The van der Waals surface area contributed by atoms with Gasteiger partial charge in [0.2, 0.25) is 0 Å². The largest absolute Gasteiger partial charge is 0.342 e. The number of hydrogen-bond acceptors (Lipinski definition) is 5. The van der Waals surface area contributed by atoms with Crippen LogP contribution in [0.3, 0.4) is 0 Å². The number of anilines is 1. The van der Waals surface area contributed by atoms with Crippen molar-refractivity contribution in [2.24, 2.45) is 5.10 Å². The van der Waals surface area contributed by atoms with Crippen LogP contribution in [-0.2, 0) is 6.54 Å². The van der Waals surface area contributed by atoms with Crippen LogP contribution in [0.25, 0.3) is 10.9 Å². The lowest BCUT2D eigenvalue weighted by atomic mass is 10.2. The van der Waals surface area contributed by atoms with Gasteiger partial charge in [-0.2, -0.15) is 5.10 Å². The molecule has 2 aromatic heterocycles. The first-order valence-electron chi connectivity index (χ1n) is 8.82. The molecule has 0 amide bonds. The van der Waals surface area contributed by atoms with Crippen molar-refractivity contribution in [1.29, 1.82) is 0 Å². The smallest absolute Gasteiger partial charge is 0.287 e. The maximum absolute atomic E-state index is 10.7. The van der Waals surface area contributed by atoms with Crippen molar-refractivity contribution in [3.8, 4) is 0 Å². The Kier molecular flexibility index (Phi) is 5.35. The average Bonchev–Trinajstić information content (AvgIpc) is 3.08. The lowest BCUT2D eigenvalue weighted by Crippen LogP contribution is -1.97. The summed E-state index contributed by atoms with van der Waals surface area (Å²) in [5.41, 5.74) is 6.03. The first kappa shape index (κ1) is 18.8. The van der Waals surface area contributed by atoms with Crippen molar-refractivity contribution < 1.29 is 4.92 Å². The van der Waals surface area contributed by atoms with Gasteiger partial charge in [-0.3, -0.25) is 15.5 Å². The van der Waals surface area contributed by atoms with Gasteiger partial charge < -0.3 is 4.57 Å². The van der Waals surface area contributed by atoms with Gasteiger partial charge in [0.1, 0.15) is 12.0 Å².